The van der Waals surface area contributed by atoms with Gasteiger partial charge in [-0.15, -0.1) is 0 Å². The molecule has 0 aliphatic heterocycles. The van der Waals surface area contributed by atoms with Gasteiger partial charge in [0.1, 0.15) is 5.75 Å². The molecule has 0 saturated carbocycles. The summed E-state index contributed by atoms with van der Waals surface area (Å²) in [6.45, 7) is 1.50. The van der Waals surface area contributed by atoms with E-state index < -0.39 is 11.8 Å². The Morgan fingerprint density at radius 2 is 2.29 bits per heavy atom. The number of carbonyl (C=O) groups is 1. The quantitative estimate of drug-likeness (QED) is 0.663. The molecule has 0 fully saturated rings. The number of Topliss-reactive ketones (excluding diaryl/α,β-unsaturated/α-hetero) is 1. The lowest BCUT2D eigenvalue weighted by atomic mass is 10.0. The molecule has 0 bridgehead atoms. The predicted octanol–water partition coefficient (Wildman–Crippen LogP) is 0.742. The van der Waals surface area contributed by atoms with Gasteiger partial charge in [-0.1, -0.05) is 0 Å². The molecule has 0 heterocycles. The highest BCUT2D eigenvalue weighted by Crippen LogP contribution is 2.19. The fourth-order valence-electron chi connectivity index (χ4n) is 1.35. The van der Waals surface area contributed by atoms with Crippen LogP contribution in [0.1, 0.15) is 18.1 Å². The Morgan fingerprint density at radius 1 is 1.65 bits per heavy atom. The summed E-state index contributed by atoms with van der Waals surface area (Å²) in [5.41, 5.74) is 5.96. The van der Waals surface area contributed by atoms with E-state index in [1.54, 1.807) is 0 Å². The number of nitriles is 1. The summed E-state index contributed by atoms with van der Waals surface area (Å²) in [5, 5.41) is 25.8. The van der Waals surface area contributed by atoms with Crippen LogP contribution in [0.3, 0.4) is 0 Å². The Balaban J connectivity index is 2.92. The van der Waals surface area contributed by atoms with Crippen molar-refractivity contribution in [3.63, 3.8) is 0 Å². The Labute approximate surface area is 99.0 Å². The number of rotatable bonds is 4. The van der Waals surface area contributed by atoms with Crippen LogP contribution in [0.5, 0.6) is 5.75 Å². The van der Waals surface area contributed by atoms with E-state index >= 15 is 0 Å². The molecule has 88 valence electrons. The first-order valence-corrected chi connectivity index (χ1v) is 5.05. The number of aromatic hydroxyl groups is 1. The van der Waals surface area contributed by atoms with E-state index in [1.807, 2.05) is 6.07 Å². The van der Waals surface area contributed by atoms with Crippen molar-refractivity contribution < 1.29 is 9.90 Å². The molecule has 0 saturated heterocycles. The van der Waals surface area contributed by atoms with E-state index in [-0.39, 0.29) is 17.9 Å². The monoisotopic (exact) mass is 231 g/mol. The summed E-state index contributed by atoms with van der Waals surface area (Å²) in [5.74, 6) is -0.502. The Bertz CT molecular complexity index is 501. The molecular formula is C12H13N3O2. The number of carbonyl (C=O) groups excluding carboxylic acids is 1. The molecule has 0 aromatic heterocycles. The minimum absolute atomic E-state index is 0.0261. The highest BCUT2D eigenvalue weighted by atomic mass is 16.3. The summed E-state index contributed by atoms with van der Waals surface area (Å²) in [6.07, 6.45) is -0.0261. The summed E-state index contributed by atoms with van der Waals surface area (Å²) in [7, 11) is 0. The topological polar surface area (TPSA) is 111 Å². The van der Waals surface area contributed by atoms with Gasteiger partial charge in [-0.3, -0.25) is 4.79 Å². The lowest BCUT2D eigenvalue weighted by Gasteiger charge is -2.08. The van der Waals surface area contributed by atoms with Gasteiger partial charge in [-0.25, -0.2) is 0 Å². The number of benzene rings is 1. The molecule has 0 spiro atoms. The maximum absolute atomic E-state index is 11.4. The van der Waals surface area contributed by atoms with Gasteiger partial charge in [0.05, 0.1) is 23.4 Å². The van der Waals surface area contributed by atoms with E-state index in [2.05, 4.69) is 0 Å². The lowest BCUT2D eigenvalue weighted by Crippen LogP contribution is -2.33. The molecule has 0 amide bonds. The number of hydrogen-bond acceptors (Lipinski definition) is 5. The van der Waals surface area contributed by atoms with Crippen molar-refractivity contribution in [1.82, 2.24) is 0 Å². The van der Waals surface area contributed by atoms with E-state index in [0.717, 1.165) is 0 Å². The molecule has 0 aliphatic rings. The smallest absolute Gasteiger partial charge is 0.192 e. The Hall–Kier alpha value is -2.19. The van der Waals surface area contributed by atoms with Crippen LogP contribution in [0.2, 0.25) is 0 Å². The minimum atomic E-state index is -0.733. The number of phenols is 1. The zero-order valence-corrected chi connectivity index (χ0v) is 9.40. The van der Waals surface area contributed by atoms with Crippen LogP contribution >= 0.6 is 0 Å². The first-order valence-electron chi connectivity index (χ1n) is 5.05. The average Bonchev–Trinajstić information content (AvgIpc) is 2.30. The average molecular weight is 231 g/mol. The number of hydrogen-bond donors (Lipinski definition) is 3. The van der Waals surface area contributed by atoms with Crippen molar-refractivity contribution >= 4 is 11.5 Å². The Morgan fingerprint density at radius 3 is 2.82 bits per heavy atom. The fraction of sp³-hybridized carbons (Fsp3) is 0.250. The number of nitrogens with one attached hydrogen (secondary N) is 1. The highest BCUT2D eigenvalue weighted by Gasteiger charge is 2.16. The number of nitrogens with zero attached hydrogens (tertiary/aromatic N) is 1. The van der Waals surface area contributed by atoms with Crippen molar-refractivity contribution in [1.29, 1.82) is 10.7 Å². The number of ketones is 1. The zero-order chi connectivity index (χ0) is 13.0. The van der Waals surface area contributed by atoms with Crippen LogP contribution in [0.15, 0.2) is 18.2 Å². The number of phenolic OH excluding ortho intramolecular Hbond substituents is 1. The summed E-state index contributed by atoms with van der Waals surface area (Å²) in [4.78, 5) is 11.4. The van der Waals surface area contributed by atoms with E-state index in [1.165, 1.54) is 25.1 Å². The van der Waals surface area contributed by atoms with Gasteiger partial charge in [0.2, 0.25) is 0 Å². The van der Waals surface area contributed by atoms with Crippen molar-refractivity contribution in [2.24, 2.45) is 5.73 Å². The van der Waals surface area contributed by atoms with Gasteiger partial charge in [0, 0.05) is 12.0 Å². The first-order chi connectivity index (χ1) is 7.95. The third-order valence-electron chi connectivity index (χ3n) is 2.29. The van der Waals surface area contributed by atoms with Crippen LogP contribution < -0.4 is 5.73 Å². The summed E-state index contributed by atoms with van der Waals surface area (Å²) in [6, 6.07) is 5.49. The molecule has 0 aliphatic carbocycles. The molecule has 5 heteroatoms. The van der Waals surface area contributed by atoms with Gasteiger partial charge < -0.3 is 16.2 Å². The van der Waals surface area contributed by atoms with E-state index in [9.17, 15) is 9.90 Å². The van der Waals surface area contributed by atoms with Crippen molar-refractivity contribution in [3.05, 3.63) is 29.3 Å². The minimum Gasteiger partial charge on any atom is -0.508 e. The molecule has 1 rings (SSSR count). The molecule has 17 heavy (non-hydrogen) atoms. The maximum Gasteiger partial charge on any atom is 0.192 e. The molecule has 1 aromatic rings. The third kappa shape index (κ3) is 3.13. The largest absolute Gasteiger partial charge is 0.508 e. The predicted molar refractivity (Wildman–Crippen MR) is 62.9 cm³/mol. The first kappa shape index (κ1) is 12.9. The fourth-order valence-corrected chi connectivity index (χ4v) is 1.35. The lowest BCUT2D eigenvalue weighted by molar-refractivity contribution is -0.113. The van der Waals surface area contributed by atoms with E-state index in [0.29, 0.717) is 11.1 Å². The van der Waals surface area contributed by atoms with Gasteiger partial charge in [0.25, 0.3) is 0 Å². The van der Waals surface area contributed by atoms with Crippen molar-refractivity contribution in [3.8, 4) is 11.8 Å². The van der Waals surface area contributed by atoms with Crippen LogP contribution in [0.4, 0.5) is 0 Å². The molecular weight excluding hydrogens is 218 g/mol. The Kier molecular flexibility index (Phi) is 3.96. The van der Waals surface area contributed by atoms with Gasteiger partial charge in [0.15, 0.2) is 5.78 Å². The SMILES string of the molecule is CC(N)C(=O)C(=N)Cc1cc(C#N)ccc1O. The van der Waals surface area contributed by atoms with Crippen LogP contribution in [-0.4, -0.2) is 22.6 Å². The third-order valence-corrected chi connectivity index (χ3v) is 2.29. The number of nitrogens with two attached hydrogens (primary N) is 1. The van der Waals surface area contributed by atoms with Crippen molar-refractivity contribution in [2.45, 2.75) is 19.4 Å². The van der Waals surface area contributed by atoms with E-state index in [4.69, 9.17) is 16.4 Å². The standard InChI is InChI=1S/C12H13N3O2/c1-7(14)12(17)10(15)5-9-4-8(6-13)2-3-11(9)16/h2-4,7,15-16H,5,14H2,1H3. The van der Waals surface area contributed by atoms with Crippen LogP contribution in [0.25, 0.3) is 0 Å². The second-order valence-electron chi connectivity index (χ2n) is 3.76. The summed E-state index contributed by atoms with van der Waals surface area (Å²) >= 11 is 0. The molecule has 1 aromatic carbocycles. The molecule has 1 unspecified atom stereocenters. The molecule has 5 nitrogen and oxygen atoms in total. The highest BCUT2D eigenvalue weighted by molar-refractivity contribution is 6.40. The second kappa shape index (κ2) is 5.23. The van der Waals surface area contributed by atoms with Crippen LogP contribution in [0, 0.1) is 16.7 Å². The van der Waals surface area contributed by atoms with Gasteiger partial charge in [-0.2, -0.15) is 5.26 Å². The van der Waals surface area contributed by atoms with Crippen LogP contribution in [-0.2, 0) is 11.2 Å². The normalized spacial score (nSPS) is 11.6. The molecule has 0 radical (unpaired) electrons. The summed E-state index contributed by atoms with van der Waals surface area (Å²) < 4.78 is 0. The molecule has 1 atom stereocenters. The van der Waals surface area contributed by atoms with Gasteiger partial charge >= 0.3 is 0 Å². The second-order valence-corrected chi connectivity index (χ2v) is 3.76. The van der Waals surface area contributed by atoms with Crippen molar-refractivity contribution in [2.75, 3.05) is 0 Å². The van der Waals surface area contributed by atoms with Gasteiger partial charge in [-0.05, 0) is 25.1 Å². The zero-order valence-electron chi connectivity index (χ0n) is 9.40. The molecule has 4 N–H and O–H groups in total. The maximum atomic E-state index is 11.4.